The Balaban J connectivity index is 3.20. The van der Waals surface area contributed by atoms with Gasteiger partial charge in [-0.2, -0.15) is 0 Å². The maximum atomic E-state index is 3.99. The fraction of sp³-hybridized carbons (Fsp3) is 0.571. The molecule has 0 heterocycles. The second kappa shape index (κ2) is 4.57. The van der Waals surface area contributed by atoms with Crippen LogP contribution < -0.4 is 0 Å². The van der Waals surface area contributed by atoms with E-state index in [1.807, 2.05) is 13.1 Å². The Morgan fingerprint density at radius 3 is 2.75 bits per heavy atom. The van der Waals surface area contributed by atoms with Gasteiger partial charge in [0.25, 0.3) is 0 Å². The predicted octanol–water partition coefficient (Wildman–Crippen LogP) is 2.39. The van der Waals surface area contributed by atoms with Crippen molar-refractivity contribution in [1.82, 2.24) is 0 Å². The van der Waals surface area contributed by atoms with E-state index < -0.39 is 0 Å². The molecule has 0 rings (SSSR count). The van der Waals surface area contributed by atoms with Crippen LogP contribution in [0, 0.1) is 0 Å². The number of aliphatic imine (C=N–C) groups is 1. The number of rotatable bonds is 3. The van der Waals surface area contributed by atoms with E-state index in [1.165, 1.54) is 0 Å². The highest BCUT2D eigenvalue weighted by Gasteiger charge is 1.73. The van der Waals surface area contributed by atoms with Crippen LogP contribution in [0.4, 0.5) is 0 Å². The van der Waals surface area contributed by atoms with Gasteiger partial charge in [0.15, 0.2) is 0 Å². The van der Waals surface area contributed by atoms with Gasteiger partial charge < -0.3 is 0 Å². The highest BCUT2D eigenvalue weighted by Crippen LogP contribution is 1.88. The largest absolute Gasteiger partial charge is 0.267 e. The predicted molar refractivity (Wildman–Crippen MR) is 38.2 cm³/mol. The zero-order valence-electron chi connectivity index (χ0n) is 5.65. The Labute approximate surface area is 51.1 Å². The fourth-order valence-corrected chi connectivity index (χ4v) is 0.349. The molecule has 0 atom stereocenters. The molecule has 0 aliphatic rings. The molecular weight excluding hydrogens is 98.1 g/mol. The molecule has 1 heteroatoms. The van der Waals surface area contributed by atoms with Crippen molar-refractivity contribution in [2.75, 3.05) is 0 Å². The fourth-order valence-electron chi connectivity index (χ4n) is 0.349. The van der Waals surface area contributed by atoms with Crippen LogP contribution in [-0.4, -0.2) is 6.21 Å². The van der Waals surface area contributed by atoms with Crippen LogP contribution in [0.15, 0.2) is 17.3 Å². The van der Waals surface area contributed by atoms with Crippen LogP contribution in [-0.2, 0) is 0 Å². The first-order valence-electron chi connectivity index (χ1n) is 2.95. The molecule has 1 nitrogen and oxygen atoms in total. The molecule has 0 radical (unpaired) electrons. The van der Waals surface area contributed by atoms with E-state index in [1.54, 1.807) is 0 Å². The maximum Gasteiger partial charge on any atom is 0.0297 e. The molecule has 0 aromatic rings. The quantitative estimate of drug-likeness (QED) is 0.496. The van der Waals surface area contributed by atoms with Crippen molar-refractivity contribution in [3.63, 3.8) is 0 Å². The summed E-state index contributed by atoms with van der Waals surface area (Å²) in [5, 5.41) is 0. The van der Waals surface area contributed by atoms with Crippen molar-refractivity contribution < 1.29 is 0 Å². The Morgan fingerprint density at radius 2 is 2.38 bits per heavy atom. The number of allylic oxidation sites excluding steroid dienone is 1. The third-order valence-corrected chi connectivity index (χ3v) is 0.729. The van der Waals surface area contributed by atoms with Crippen LogP contribution in [0.25, 0.3) is 0 Å². The van der Waals surface area contributed by atoms with E-state index in [9.17, 15) is 0 Å². The standard InChI is InChI=1S/C7H13N/c1-4-5-6-8-7(2)3/h6H,2,4-5H2,1,3H3. The van der Waals surface area contributed by atoms with Gasteiger partial charge in [-0.25, -0.2) is 0 Å². The monoisotopic (exact) mass is 111 g/mol. The molecule has 0 aromatic heterocycles. The average Bonchev–Trinajstić information content (AvgIpc) is 1.66. The topological polar surface area (TPSA) is 12.4 Å². The van der Waals surface area contributed by atoms with E-state index >= 15 is 0 Å². The van der Waals surface area contributed by atoms with Gasteiger partial charge in [-0.05, 0) is 13.3 Å². The van der Waals surface area contributed by atoms with Crippen LogP contribution in [0.5, 0.6) is 0 Å². The minimum Gasteiger partial charge on any atom is -0.267 e. The van der Waals surface area contributed by atoms with E-state index in [4.69, 9.17) is 0 Å². The van der Waals surface area contributed by atoms with E-state index in [0.717, 1.165) is 18.5 Å². The zero-order valence-corrected chi connectivity index (χ0v) is 5.65. The molecule has 0 spiro atoms. The summed E-state index contributed by atoms with van der Waals surface area (Å²) < 4.78 is 0. The van der Waals surface area contributed by atoms with Crippen molar-refractivity contribution in [3.8, 4) is 0 Å². The number of nitrogens with zero attached hydrogens (tertiary/aromatic N) is 1. The van der Waals surface area contributed by atoms with Gasteiger partial charge in [-0.1, -0.05) is 19.9 Å². The van der Waals surface area contributed by atoms with Gasteiger partial charge >= 0.3 is 0 Å². The van der Waals surface area contributed by atoms with Gasteiger partial charge in [0.05, 0.1) is 0 Å². The first-order valence-corrected chi connectivity index (χ1v) is 2.95. The summed E-state index contributed by atoms with van der Waals surface area (Å²) in [6.07, 6.45) is 4.13. The Bertz CT molecular complexity index is 92.6. The molecule has 0 unspecified atom stereocenters. The second-order valence-electron chi connectivity index (χ2n) is 1.84. The minimum absolute atomic E-state index is 0.887. The third kappa shape index (κ3) is 5.41. The van der Waals surface area contributed by atoms with Crippen LogP contribution in [0.1, 0.15) is 26.7 Å². The molecule has 0 aromatic carbocycles. The van der Waals surface area contributed by atoms with Crippen molar-refractivity contribution in [2.24, 2.45) is 4.99 Å². The van der Waals surface area contributed by atoms with Gasteiger partial charge in [0, 0.05) is 11.9 Å². The average molecular weight is 111 g/mol. The highest BCUT2D eigenvalue weighted by molar-refractivity contribution is 5.58. The van der Waals surface area contributed by atoms with E-state index in [2.05, 4.69) is 18.5 Å². The Kier molecular flexibility index (Phi) is 4.23. The summed E-state index contributed by atoms with van der Waals surface area (Å²) in [5.74, 6) is 0. The van der Waals surface area contributed by atoms with Crippen molar-refractivity contribution in [3.05, 3.63) is 12.3 Å². The molecule has 0 aliphatic carbocycles. The van der Waals surface area contributed by atoms with Gasteiger partial charge in [-0.15, -0.1) is 0 Å². The summed E-state index contributed by atoms with van der Waals surface area (Å²) >= 11 is 0. The summed E-state index contributed by atoms with van der Waals surface area (Å²) in [6, 6.07) is 0. The molecule has 46 valence electrons. The van der Waals surface area contributed by atoms with E-state index in [-0.39, 0.29) is 0 Å². The van der Waals surface area contributed by atoms with Gasteiger partial charge in [0.1, 0.15) is 0 Å². The summed E-state index contributed by atoms with van der Waals surface area (Å²) in [7, 11) is 0. The van der Waals surface area contributed by atoms with Crippen molar-refractivity contribution >= 4 is 6.21 Å². The maximum absolute atomic E-state index is 3.99. The molecular formula is C7H13N. The number of unbranched alkanes of at least 4 members (excludes halogenated alkanes) is 1. The normalized spacial score (nSPS) is 10.2. The lowest BCUT2D eigenvalue weighted by Gasteiger charge is -1.83. The molecule has 0 saturated heterocycles. The third-order valence-electron chi connectivity index (χ3n) is 0.729. The SMILES string of the molecule is C=C(C)N=CCCC. The summed E-state index contributed by atoms with van der Waals surface area (Å²) in [6.45, 7) is 7.65. The lowest BCUT2D eigenvalue weighted by Crippen LogP contribution is -1.71. The van der Waals surface area contributed by atoms with Crippen LogP contribution >= 0.6 is 0 Å². The summed E-state index contributed by atoms with van der Waals surface area (Å²) in [4.78, 5) is 3.99. The summed E-state index contributed by atoms with van der Waals surface area (Å²) in [5.41, 5.74) is 0.887. The van der Waals surface area contributed by atoms with Gasteiger partial charge in [-0.3, -0.25) is 4.99 Å². The first kappa shape index (κ1) is 7.41. The number of hydrogen-bond donors (Lipinski definition) is 0. The Morgan fingerprint density at radius 1 is 1.75 bits per heavy atom. The zero-order chi connectivity index (χ0) is 6.41. The lowest BCUT2D eigenvalue weighted by atomic mass is 10.4. The minimum atomic E-state index is 0.887. The molecule has 0 saturated carbocycles. The van der Waals surface area contributed by atoms with Gasteiger partial charge in [0.2, 0.25) is 0 Å². The van der Waals surface area contributed by atoms with Crippen molar-refractivity contribution in [2.45, 2.75) is 26.7 Å². The lowest BCUT2D eigenvalue weighted by molar-refractivity contribution is 1.01. The van der Waals surface area contributed by atoms with Crippen LogP contribution in [0.3, 0.4) is 0 Å². The van der Waals surface area contributed by atoms with E-state index in [0.29, 0.717) is 0 Å². The molecule has 0 amide bonds. The molecule has 0 bridgehead atoms. The van der Waals surface area contributed by atoms with Crippen LogP contribution in [0.2, 0.25) is 0 Å². The first-order chi connectivity index (χ1) is 3.77. The smallest absolute Gasteiger partial charge is 0.0297 e. The van der Waals surface area contributed by atoms with Crippen molar-refractivity contribution in [1.29, 1.82) is 0 Å². The molecule has 0 fully saturated rings. The molecule has 0 aliphatic heterocycles. The number of hydrogen-bond acceptors (Lipinski definition) is 1. The molecule has 0 N–H and O–H groups in total. The highest BCUT2D eigenvalue weighted by atomic mass is 14.7. The Hall–Kier alpha value is -0.590. The second-order valence-corrected chi connectivity index (χ2v) is 1.84. The molecule has 8 heavy (non-hydrogen) atoms.